The number of nitrogens with zero attached hydrogens (tertiary/aromatic N) is 2. The van der Waals surface area contributed by atoms with Crippen molar-refractivity contribution in [1.29, 1.82) is 0 Å². The van der Waals surface area contributed by atoms with Crippen LogP contribution in [0.1, 0.15) is 35.4 Å². The Balaban J connectivity index is 1.28. The summed E-state index contributed by atoms with van der Waals surface area (Å²) in [6.07, 6.45) is 3.76. The molecule has 0 aliphatic carbocycles. The van der Waals surface area contributed by atoms with E-state index in [0.717, 1.165) is 54.0 Å². The summed E-state index contributed by atoms with van der Waals surface area (Å²) in [5.74, 6) is 3.11. The van der Waals surface area contributed by atoms with Crippen molar-refractivity contribution in [1.82, 2.24) is 14.9 Å². The van der Waals surface area contributed by atoms with E-state index in [1.165, 1.54) is 0 Å². The van der Waals surface area contributed by atoms with Gasteiger partial charge >= 0.3 is 0 Å². The van der Waals surface area contributed by atoms with Crippen molar-refractivity contribution in [2.24, 2.45) is 0 Å². The number of amides is 1. The third-order valence-corrected chi connectivity index (χ3v) is 6.07. The van der Waals surface area contributed by atoms with E-state index in [0.29, 0.717) is 31.0 Å². The maximum absolute atomic E-state index is 12.4. The van der Waals surface area contributed by atoms with Crippen molar-refractivity contribution in [2.75, 3.05) is 27.4 Å². The fourth-order valence-corrected chi connectivity index (χ4v) is 4.23. The van der Waals surface area contributed by atoms with Gasteiger partial charge in [-0.2, -0.15) is 0 Å². The number of imidazole rings is 1. The normalized spacial score (nSPS) is 10.8. The number of para-hydroxylation sites is 3. The second kappa shape index (κ2) is 12.6. The first-order chi connectivity index (χ1) is 17.7. The average Bonchev–Trinajstić information content (AvgIpc) is 3.27. The van der Waals surface area contributed by atoms with E-state index >= 15 is 0 Å². The molecule has 0 unspecified atom stereocenters. The van der Waals surface area contributed by atoms with E-state index < -0.39 is 0 Å². The average molecular weight is 488 g/mol. The number of nitrogens with one attached hydrogen (secondary N) is 1. The molecule has 0 spiro atoms. The number of benzene rings is 3. The van der Waals surface area contributed by atoms with Gasteiger partial charge in [0.05, 0.1) is 37.4 Å². The molecule has 1 amide bonds. The zero-order chi connectivity index (χ0) is 25.2. The Labute approximate surface area is 212 Å². The van der Waals surface area contributed by atoms with E-state index in [1.807, 2.05) is 54.6 Å². The number of hydrogen-bond donors (Lipinski definition) is 1. The molecule has 1 aromatic heterocycles. The number of rotatable bonds is 13. The summed E-state index contributed by atoms with van der Waals surface area (Å²) in [6.45, 7) is 1.87. The van der Waals surface area contributed by atoms with Gasteiger partial charge in [0.25, 0.3) is 5.91 Å². The zero-order valence-electron chi connectivity index (χ0n) is 20.9. The van der Waals surface area contributed by atoms with Crippen LogP contribution in [-0.2, 0) is 13.0 Å². The van der Waals surface area contributed by atoms with E-state index in [-0.39, 0.29) is 5.91 Å². The van der Waals surface area contributed by atoms with E-state index in [4.69, 9.17) is 19.2 Å². The number of ether oxygens (including phenoxy) is 3. The van der Waals surface area contributed by atoms with Gasteiger partial charge in [0.1, 0.15) is 29.7 Å². The number of methoxy groups -OCH3 is 2. The summed E-state index contributed by atoms with van der Waals surface area (Å²) in [5.41, 5.74) is 2.67. The van der Waals surface area contributed by atoms with Crippen molar-refractivity contribution in [3.63, 3.8) is 0 Å². The zero-order valence-corrected chi connectivity index (χ0v) is 20.9. The largest absolute Gasteiger partial charge is 0.497 e. The van der Waals surface area contributed by atoms with Crippen LogP contribution < -0.4 is 19.5 Å². The summed E-state index contributed by atoms with van der Waals surface area (Å²) in [5, 5.41) is 2.99. The minimum atomic E-state index is -0.106. The molecule has 36 heavy (non-hydrogen) atoms. The standard InChI is InChI=1S/C29H33N3O4/c1-34-22-11-10-12-23(21-22)36-20-19-32-26-15-7-6-14-25(26)31-28(32)17-4-3-9-18-30-29(33)24-13-5-8-16-27(24)35-2/h5-8,10-16,21H,3-4,9,17-20H2,1-2H3,(H,30,33). The quantitative estimate of drug-likeness (QED) is 0.260. The molecule has 0 saturated carbocycles. The Morgan fingerprint density at radius 3 is 2.56 bits per heavy atom. The van der Waals surface area contributed by atoms with Gasteiger partial charge < -0.3 is 24.1 Å². The molecule has 3 aromatic carbocycles. The molecule has 4 aromatic rings. The topological polar surface area (TPSA) is 74.6 Å². The van der Waals surface area contributed by atoms with Gasteiger partial charge in [-0.25, -0.2) is 4.98 Å². The van der Waals surface area contributed by atoms with Crippen molar-refractivity contribution in [3.8, 4) is 17.2 Å². The van der Waals surface area contributed by atoms with Gasteiger partial charge in [0, 0.05) is 19.0 Å². The Hall–Kier alpha value is -4.00. The Morgan fingerprint density at radius 1 is 0.889 bits per heavy atom. The van der Waals surface area contributed by atoms with Crippen LogP contribution in [0.15, 0.2) is 72.8 Å². The van der Waals surface area contributed by atoms with Crippen LogP contribution in [0.5, 0.6) is 17.2 Å². The Kier molecular flexibility index (Phi) is 8.81. The molecule has 1 heterocycles. The van der Waals surface area contributed by atoms with Gasteiger partial charge in [-0.3, -0.25) is 4.79 Å². The lowest BCUT2D eigenvalue weighted by atomic mass is 10.1. The predicted octanol–water partition coefficient (Wildman–Crippen LogP) is 5.28. The highest BCUT2D eigenvalue weighted by atomic mass is 16.5. The fourth-order valence-electron chi connectivity index (χ4n) is 4.23. The molecular formula is C29H33N3O4. The Bertz CT molecular complexity index is 1280. The lowest BCUT2D eigenvalue weighted by Crippen LogP contribution is -2.24. The van der Waals surface area contributed by atoms with Gasteiger partial charge in [-0.05, 0) is 49.2 Å². The highest BCUT2D eigenvalue weighted by Crippen LogP contribution is 2.21. The highest BCUT2D eigenvalue weighted by molar-refractivity contribution is 5.96. The number of carbonyl (C=O) groups excluding carboxylic acids is 1. The van der Waals surface area contributed by atoms with E-state index in [9.17, 15) is 4.79 Å². The summed E-state index contributed by atoms with van der Waals surface area (Å²) in [4.78, 5) is 17.3. The van der Waals surface area contributed by atoms with Crippen molar-refractivity contribution in [3.05, 3.63) is 84.2 Å². The molecule has 0 aliphatic heterocycles. The number of unbranched alkanes of at least 4 members (excludes halogenated alkanes) is 2. The van der Waals surface area contributed by atoms with Crippen molar-refractivity contribution >= 4 is 16.9 Å². The van der Waals surface area contributed by atoms with Gasteiger partial charge in [0.15, 0.2) is 0 Å². The number of fused-ring (bicyclic) bond motifs is 1. The van der Waals surface area contributed by atoms with Crippen LogP contribution in [0.25, 0.3) is 11.0 Å². The molecule has 7 nitrogen and oxygen atoms in total. The molecule has 0 aliphatic rings. The monoisotopic (exact) mass is 487 g/mol. The number of hydrogen-bond acceptors (Lipinski definition) is 5. The number of aromatic nitrogens is 2. The van der Waals surface area contributed by atoms with Gasteiger partial charge in [0.2, 0.25) is 0 Å². The summed E-state index contributed by atoms with van der Waals surface area (Å²) in [6, 6.07) is 23.1. The van der Waals surface area contributed by atoms with Crippen molar-refractivity contribution < 1.29 is 19.0 Å². The van der Waals surface area contributed by atoms with Gasteiger partial charge in [-0.15, -0.1) is 0 Å². The molecule has 1 N–H and O–H groups in total. The minimum absolute atomic E-state index is 0.106. The lowest BCUT2D eigenvalue weighted by Gasteiger charge is -2.12. The van der Waals surface area contributed by atoms with Gasteiger partial charge in [-0.1, -0.05) is 36.8 Å². The van der Waals surface area contributed by atoms with Crippen LogP contribution in [0.3, 0.4) is 0 Å². The molecule has 7 heteroatoms. The molecule has 4 rings (SSSR count). The maximum atomic E-state index is 12.4. The maximum Gasteiger partial charge on any atom is 0.255 e. The molecule has 0 saturated heterocycles. The van der Waals surface area contributed by atoms with Crippen LogP contribution in [0.2, 0.25) is 0 Å². The summed E-state index contributed by atoms with van der Waals surface area (Å²) in [7, 11) is 3.22. The second-order valence-corrected chi connectivity index (χ2v) is 8.46. The molecular weight excluding hydrogens is 454 g/mol. The molecule has 188 valence electrons. The Morgan fingerprint density at radius 2 is 1.69 bits per heavy atom. The van der Waals surface area contributed by atoms with E-state index in [1.54, 1.807) is 26.4 Å². The van der Waals surface area contributed by atoms with Crippen molar-refractivity contribution in [2.45, 2.75) is 32.2 Å². The van der Waals surface area contributed by atoms with Crippen LogP contribution >= 0.6 is 0 Å². The molecule has 0 radical (unpaired) electrons. The summed E-state index contributed by atoms with van der Waals surface area (Å²) < 4.78 is 18.8. The number of aryl methyl sites for hydroxylation is 1. The van der Waals surface area contributed by atoms with Crippen LogP contribution in [0.4, 0.5) is 0 Å². The summed E-state index contributed by atoms with van der Waals surface area (Å²) >= 11 is 0. The second-order valence-electron chi connectivity index (χ2n) is 8.46. The van der Waals surface area contributed by atoms with Crippen LogP contribution in [0, 0.1) is 0 Å². The SMILES string of the molecule is COc1cccc(OCCn2c(CCCCCNC(=O)c3ccccc3OC)nc3ccccc32)c1. The fraction of sp³-hybridized carbons (Fsp3) is 0.310. The highest BCUT2D eigenvalue weighted by Gasteiger charge is 2.12. The van der Waals surface area contributed by atoms with Crippen LogP contribution in [-0.4, -0.2) is 42.8 Å². The lowest BCUT2D eigenvalue weighted by molar-refractivity contribution is 0.0950. The first-order valence-corrected chi connectivity index (χ1v) is 12.3. The van der Waals surface area contributed by atoms with E-state index in [2.05, 4.69) is 16.0 Å². The predicted molar refractivity (Wildman–Crippen MR) is 141 cm³/mol. The third kappa shape index (κ3) is 6.36. The first kappa shape index (κ1) is 25.1. The third-order valence-electron chi connectivity index (χ3n) is 6.07. The minimum Gasteiger partial charge on any atom is -0.497 e. The molecule has 0 bridgehead atoms. The number of carbonyl (C=O) groups is 1. The smallest absolute Gasteiger partial charge is 0.255 e. The first-order valence-electron chi connectivity index (χ1n) is 12.3. The molecule has 0 atom stereocenters. The molecule has 0 fully saturated rings.